The molecule has 0 aliphatic carbocycles. The Morgan fingerprint density at radius 2 is 1.60 bits per heavy atom. The molecule has 3 rings (SSSR count). The molecule has 0 saturated carbocycles. The molecule has 0 radical (unpaired) electrons. The van der Waals surface area contributed by atoms with Crippen molar-refractivity contribution in [3.63, 3.8) is 0 Å². The van der Waals surface area contributed by atoms with E-state index in [1.807, 2.05) is 0 Å². The predicted octanol–water partition coefficient (Wildman–Crippen LogP) is 5.30. The fourth-order valence-corrected chi connectivity index (χ4v) is 3.30. The number of carboxylic acid groups (broad SMARTS) is 1. The number of carboxylic acids is 1. The van der Waals surface area contributed by atoms with Crippen LogP contribution in [0, 0.1) is 0 Å². The molecule has 0 saturated heterocycles. The fourth-order valence-electron chi connectivity index (χ4n) is 2.67. The van der Waals surface area contributed by atoms with E-state index in [9.17, 15) is 15.0 Å². The maximum Gasteiger partial charge on any atom is 0.337 e. The molecule has 0 bridgehead atoms. The summed E-state index contributed by atoms with van der Waals surface area (Å²) in [5.41, 5.74) is 2.03. The van der Waals surface area contributed by atoms with Crippen molar-refractivity contribution in [2.45, 2.75) is 6.61 Å². The van der Waals surface area contributed by atoms with Crippen molar-refractivity contribution in [1.82, 2.24) is 4.57 Å². The number of aliphatic hydroxyl groups is 1. The SMILES string of the molecule is O=C(O)c1cc(-c2ccc(Cl)cc2Cl)n(-c2ccc(Cl)cc2)c1CO. The molecule has 1 aromatic heterocycles. The van der Waals surface area contributed by atoms with Crippen LogP contribution in [0.15, 0.2) is 48.5 Å². The molecule has 7 heteroatoms. The van der Waals surface area contributed by atoms with Gasteiger partial charge in [-0.1, -0.05) is 34.8 Å². The van der Waals surface area contributed by atoms with Gasteiger partial charge in [0.25, 0.3) is 0 Å². The van der Waals surface area contributed by atoms with Crippen molar-refractivity contribution in [3.05, 3.63) is 74.9 Å². The molecule has 0 aliphatic rings. The summed E-state index contributed by atoms with van der Waals surface area (Å²) in [6.07, 6.45) is 0. The van der Waals surface area contributed by atoms with Crippen molar-refractivity contribution in [3.8, 4) is 16.9 Å². The molecule has 0 fully saturated rings. The number of hydrogen-bond acceptors (Lipinski definition) is 2. The number of aromatic carboxylic acids is 1. The van der Waals surface area contributed by atoms with Crippen molar-refractivity contribution in [1.29, 1.82) is 0 Å². The first kappa shape index (κ1) is 17.8. The zero-order chi connectivity index (χ0) is 18.1. The smallest absolute Gasteiger partial charge is 0.337 e. The van der Waals surface area contributed by atoms with Crippen molar-refractivity contribution in [2.75, 3.05) is 0 Å². The minimum atomic E-state index is -1.14. The molecule has 128 valence electrons. The van der Waals surface area contributed by atoms with E-state index in [1.165, 1.54) is 6.07 Å². The van der Waals surface area contributed by atoms with E-state index in [-0.39, 0.29) is 11.3 Å². The normalized spacial score (nSPS) is 10.9. The molecule has 1 heterocycles. The maximum absolute atomic E-state index is 11.6. The molecule has 2 N–H and O–H groups in total. The van der Waals surface area contributed by atoms with Crippen LogP contribution in [0.25, 0.3) is 16.9 Å². The highest BCUT2D eigenvalue weighted by Gasteiger charge is 2.22. The van der Waals surface area contributed by atoms with Gasteiger partial charge < -0.3 is 14.8 Å². The Hall–Kier alpha value is -1.98. The van der Waals surface area contributed by atoms with E-state index in [1.54, 1.807) is 47.0 Å². The predicted molar refractivity (Wildman–Crippen MR) is 99.1 cm³/mol. The zero-order valence-corrected chi connectivity index (χ0v) is 15.0. The van der Waals surface area contributed by atoms with Gasteiger partial charge in [-0.15, -0.1) is 0 Å². The largest absolute Gasteiger partial charge is 0.478 e. The number of halogens is 3. The number of aliphatic hydroxyl groups excluding tert-OH is 1. The molecule has 0 atom stereocenters. The first-order valence-corrected chi connectivity index (χ1v) is 8.36. The van der Waals surface area contributed by atoms with E-state index in [0.717, 1.165) is 0 Å². The van der Waals surface area contributed by atoms with E-state index in [0.29, 0.717) is 32.0 Å². The summed E-state index contributed by atoms with van der Waals surface area (Å²) >= 11 is 18.2. The number of rotatable bonds is 4. The summed E-state index contributed by atoms with van der Waals surface area (Å²) in [5, 5.41) is 20.7. The Bertz CT molecular complexity index is 949. The van der Waals surface area contributed by atoms with Gasteiger partial charge in [-0.05, 0) is 48.5 Å². The Kier molecular flexibility index (Phi) is 5.06. The Labute approximate surface area is 158 Å². The number of nitrogens with zero attached hydrogens (tertiary/aromatic N) is 1. The van der Waals surface area contributed by atoms with Gasteiger partial charge >= 0.3 is 5.97 Å². The molecule has 4 nitrogen and oxygen atoms in total. The third-order valence-electron chi connectivity index (χ3n) is 3.77. The van der Waals surface area contributed by atoms with Crippen LogP contribution in [0.1, 0.15) is 16.1 Å². The van der Waals surface area contributed by atoms with E-state index in [4.69, 9.17) is 34.8 Å². The second-order valence-corrected chi connectivity index (χ2v) is 6.57. The molecule has 25 heavy (non-hydrogen) atoms. The van der Waals surface area contributed by atoms with Crippen LogP contribution in [-0.2, 0) is 6.61 Å². The van der Waals surface area contributed by atoms with Crippen LogP contribution in [-0.4, -0.2) is 20.7 Å². The van der Waals surface area contributed by atoms with Gasteiger partial charge in [0.05, 0.1) is 28.6 Å². The fraction of sp³-hybridized carbons (Fsp3) is 0.0556. The Balaban J connectivity index is 2.34. The lowest BCUT2D eigenvalue weighted by Gasteiger charge is -2.14. The van der Waals surface area contributed by atoms with Crippen molar-refractivity contribution in [2.24, 2.45) is 0 Å². The minimum absolute atomic E-state index is 0.00142. The lowest BCUT2D eigenvalue weighted by molar-refractivity contribution is 0.0693. The summed E-state index contributed by atoms with van der Waals surface area (Å²) < 4.78 is 1.65. The van der Waals surface area contributed by atoms with E-state index in [2.05, 4.69) is 0 Å². The van der Waals surface area contributed by atoms with Gasteiger partial charge in [-0.2, -0.15) is 0 Å². The molecular formula is C18H12Cl3NO3. The first-order valence-electron chi connectivity index (χ1n) is 7.22. The van der Waals surface area contributed by atoms with Gasteiger partial charge in [0.15, 0.2) is 0 Å². The Morgan fingerprint density at radius 1 is 0.960 bits per heavy atom. The number of benzene rings is 2. The summed E-state index contributed by atoms with van der Waals surface area (Å²) in [4.78, 5) is 11.6. The van der Waals surface area contributed by atoms with E-state index >= 15 is 0 Å². The monoisotopic (exact) mass is 395 g/mol. The molecule has 0 spiro atoms. The topological polar surface area (TPSA) is 62.5 Å². The highest BCUT2D eigenvalue weighted by Crippen LogP contribution is 2.35. The third kappa shape index (κ3) is 3.39. The van der Waals surface area contributed by atoms with Crippen molar-refractivity contribution >= 4 is 40.8 Å². The van der Waals surface area contributed by atoms with Crippen LogP contribution in [0.4, 0.5) is 0 Å². The quantitative estimate of drug-likeness (QED) is 0.629. The molecule has 0 unspecified atom stereocenters. The van der Waals surface area contributed by atoms with Gasteiger partial charge in [0.2, 0.25) is 0 Å². The highest BCUT2D eigenvalue weighted by atomic mass is 35.5. The Morgan fingerprint density at radius 3 is 2.16 bits per heavy atom. The highest BCUT2D eigenvalue weighted by molar-refractivity contribution is 6.36. The van der Waals surface area contributed by atoms with Gasteiger partial charge in [-0.3, -0.25) is 0 Å². The van der Waals surface area contributed by atoms with Gasteiger partial charge in [0, 0.05) is 21.3 Å². The van der Waals surface area contributed by atoms with Gasteiger partial charge in [-0.25, -0.2) is 4.79 Å². The average molecular weight is 397 g/mol. The van der Waals surface area contributed by atoms with Crippen LogP contribution in [0.3, 0.4) is 0 Å². The van der Waals surface area contributed by atoms with E-state index < -0.39 is 12.6 Å². The summed E-state index contributed by atoms with van der Waals surface area (Å²) in [7, 11) is 0. The van der Waals surface area contributed by atoms with Crippen LogP contribution >= 0.6 is 34.8 Å². The summed E-state index contributed by atoms with van der Waals surface area (Å²) in [6.45, 7) is -0.449. The maximum atomic E-state index is 11.6. The first-order chi connectivity index (χ1) is 11.9. The molecule has 0 amide bonds. The van der Waals surface area contributed by atoms with Crippen molar-refractivity contribution < 1.29 is 15.0 Å². The van der Waals surface area contributed by atoms with Crippen LogP contribution in [0.2, 0.25) is 15.1 Å². The van der Waals surface area contributed by atoms with Crippen LogP contribution < -0.4 is 0 Å². The van der Waals surface area contributed by atoms with Gasteiger partial charge in [0.1, 0.15) is 0 Å². The zero-order valence-electron chi connectivity index (χ0n) is 12.7. The third-order valence-corrected chi connectivity index (χ3v) is 4.57. The summed E-state index contributed by atoms with van der Waals surface area (Å²) in [6, 6.07) is 13.3. The molecular weight excluding hydrogens is 385 g/mol. The average Bonchev–Trinajstić information content (AvgIpc) is 2.95. The molecule has 3 aromatic rings. The lowest BCUT2D eigenvalue weighted by atomic mass is 10.1. The second-order valence-electron chi connectivity index (χ2n) is 5.29. The second kappa shape index (κ2) is 7.10. The number of carbonyl (C=O) groups is 1. The lowest BCUT2D eigenvalue weighted by Crippen LogP contribution is -2.06. The molecule has 2 aromatic carbocycles. The number of aromatic nitrogens is 1. The summed E-state index contributed by atoms with van der Waals surface area (Å²) in [5.74, 6) is -1.14. The number of hydrogen-bond donors (Lipinski definition) is 2. The molecule has 0 aliphatic heterocycles. The minimum Gasteiger partial charge on any atom is -0.478 e. The standard InChI is InChI=1S/C18H12Cl3NO3/c19-10-1-4-12(5-2-10)22-16(8-14(18(24)25)17(22)9-23)13-6-3-11(20)7-15(13)21/h1-8,23H,9H2,(H,24,25). The van der Waals surface area contributed by atoms with Crippen LogP contribution in [0.5, 0.6) is 0 Å².